The first-order valence-corrected chi connectivity index (χ1v) is 12.0. The van der Waals surface area contributed by atoms with Gasteiger partial charge in [-0.05, 0) is 18.6 Å². The van der Waals surface area contributed by atoms with Crippen LogP contribution in [0.3, 0.4) is 0 Å². The van der Waals surface area contributed by atoms with Crippen LogP contribution in [0.1, 0.15) is 71.1 Å². The lowest BCUT2D eigenvalue weighted by molar-refractivity contribution is 0.267. The van der Waals surface area contributed by atoms with Crippen molar-refractivity contribution < 1.29 is 24.6 Å². The SMILES string of the molecule is CCCCCCCCCCCCOS(=O)(=O)OS(=O)(=O)c1ccccc1. The quantitative estimate of drug-likeness (QED) is 0.396. The second kappa shape index (κ2) is 12.4. The fourth-order valence-corrected chi connectivity index (χ4v) is 4.67. The van der Waals surface area contributed by atoms with Gasteiger partial charge < -0.3 is 0 Å². The number of rotatable bonds is 15. The highest BCUT2D eigenvalue weighted by Gasteiger charge is 2.25. The summed E-state index contributed by atoms with van der Waals surface area (Å²) >= 11 is 0. The van der Waals surface area contributed by atoms with Crippen molar-refractivity contribution in [1.82, 2.24) is 0 Å². The standard InChI is InChI=1S/C18H30O6S2/c1-2-3-4-5-6-7-8-9-10-14-17-23-26(21,22)24-25(19,20)18-15-12-11-13-16-18/h11-13,15-16H,2-10,14,17H2,1H3. The Labute approximate surface area is 158 Å². The maximum Gasteiger partial charge on any atom is 0.414 e. The lowest BCUT2D eigenvalue weighted by Gasteiger charge is -2.06. The van der Waals surface area contributed by atoms with Gasteiger partial charge in [-0.3, -0.25) is 0 Å². The van der Waals surface area contributed by atoms with Crippen LogP contribution in [0, 0.1) is 0 Å². The van der Waals surface area contributed by atoms with Crippen molar-refractivity contribution in [2.45, 2.75) is 76.0 Å². The van der Waals surface area contributed by atoms with E-state index in [-0.39, 0.29) is 11.5 Å². The first kappa shape index (κ1) is 23.1. The normalized spacial score (nSPS) is 12.3. The smallest absolute Gasteiger partial charge is 0.247 e. The molecule has 0 spiro atoms. The molecule has 0 aliphatic carbocycles. The summed E-state index contributed by atoms with van der Waals surface area (Å²) in [5.41, 5.74) is 0. The van der Waals surface area contributed by atoms with Gasteiger partial charge in [-0.15, -0.1) is 3.63 Å². The van der Waals surface area contributed by atoms with Gasteiger partial charge in [0.2, 0.25) is 0 Å². The molecule has 0 atom stereocenters. The summed E-state index contributed by atoms with van der Waals surface area (Å²) in [6, 6.07) is 7.09. The number of benzene rings is 1. The molecule has 150 valence electrons. The zero-order chi connectivity index (χ0) is 19.3. The van der Waals surface area contributed by atoms with E-state index in [9.17, 15) is 16.8 Å². The zero-order valence-corrected chi connectivity index (χ0v) is 17.1. The third-order valence-corrected chi connectivity index (χ3v) is 6.62. The number of unbranched alkanes of at least 4 members (excludes halogenated alkanes) is 9. The van der Waals surface area contributed by atoms with E-state index in [0.29, 0.717) is 6.42 Å². The summed E-state index contributed by atoms with van der Waals surface area (Å²) in [6.45, 7) is 2.12. The Bertz CT molecular complexity index is 684. The van der Waals surface area contributed by atoms with Gasteiger partial charge in [-0.1, -0.05) is 82.9 Å². The van der Waals surface area contributed by atoms with Crippen molar-refractivity contribution in [3.8, 4) is 0 Å². The van der Waals surface area contributed by atoms with Crippen LogP contribution in [0.2, 0.25) is 0 Å². The van der Waals surface area contributed by atoms with E-state index < -0.39 is 20.5 Å². The third-order valence-electron chi connectivity index (χ3n) is 3.93. The van der Waals surface area contributed by atoms with Crippen molar-refractivity contribution in [3.05, 3.63) is 30.3 Å². The van der Waals surface area contributed by atoms with E-state index in [4.69, 9.17) is 0 Å². The highest BCUT2D eigenvalue weighted by Crippen LogP contribution is 2.16. The maximum atomic E-state index is 11.9. The van der Waals surface area contributed by atoms with Crippen LogP contribution in [0.4, 0.5) is 0 Å². The van der Waals surface area contributed by atoms with Crippen molar-refractivity contribution >= 4 is 20.5 Å². The largest absolute Gasteiger partial charge is 0.414 e. The molecule has 1 aromatic carbocycles. The molecule has 1 rings (SSSR count). The summed E-state index contributed by atoms with van der Waals surface area (Å²) < 4.78 is 55.9. The van der Waals surface area contributed by atoms with Gasteiger partial charge in [-0.2, -0.15) is 16.8 Å². The predicted octanol–water partition coefficient (Wildman–Crippen LogP) is 4.57. The predicted molar refractivity (Wildman–Crippen MR) is 101 cm³/mol. The van der Waals surface area contributed by atoms with Crippen LogP contribution in [0.5, 0.6) is 0 Å². The van der Waals surface area contributed by atoms with Crippen LogP contribution >= 0.6 is 0 Å². The molecule has 0 fully saturated rings. The average Bonchev–Trinajstić information content (AvgIpc) is 2.59. The van der Waals surface area contributed by atoms with Crippen LogP contribution < -0.4 is 0 Å². The van der Waals surface area contributed by atoms with Gasteiger partial charge in [0.1, 0.15) is 0 Å². The molecule has 0 amide bonds. The molecule has 0 saturated carbocycles. The summed E-state index contributed by atoms with van der Waals surface area (Å²) in [5.74, 6) is 0. The summed E-state index contributed by atoms with van der Waals surface area (Å²) in [4.78, 5) is -0.230. The lowest BCUT2D eigenvalue weighted by atomic mass is 10.1. The number of hydrogen-bond acceptors (Lipinski definition) is 6. The molecule has 8 heteroatoms. The fraction of sp³-hybridized carbons (Fsp3) is 0.667. The highest BCUT2D eigenvalue weighted by atomic mass is 32.3. The van der Waals surface area contributed by atoms with Gasteiger partial charge in [0.05, 0.1) is 11.5 Å². The van der Waals surface area contributed by atoms with Crippen LogP contribution in [-0.2, 0) is 28.3 Å². The van der Waals surface area contributed by atoms with Crippen molar-refractivity contribution in [2.24, 2.45) is 0 Å². The van der Waals surface area contributed by atoms with E-state index in [1.54, 1.807) is 6.07 Å². The van der Waals surface area contributed by atoms with Gasteiger partial charge >= 0.3 is 20.5 Å². The van der Waals surface area contributed by atoms with Gasteiger partial charge in [0, 0.05) is 0 Å². The average molecular weight is 407 g/mol. The molecule has 0 radical (unpaired) electrons. The van der Waals surface area contributed by atoms with E-state index in [2.05, 4.69) is 14.7 Å². The molecule has 0 aliphatic rings. The van der Waals surface area contributed by atoms with Crippen molar-refractivity contribution in [2.75, 3.05) is 6.61 Å². The molecule has 0 saturated heterocycles. The molecular weight excluding hydrogens is 376 g/mol. The lowest BCUT2D eigenvalue weighted by Crippen LogP contribution is -2.17. The fourth-order valence-electron chi connectivity index (χ4n) is 2.51. The van der Waals surface area contributed by atoms with E-state index in [1.165, 1.54) is 62.8 Å². The minimum absolute atomic E-state index is 0.0802. The third kappa shape index (κ3) is 10.3. The molecule has 1 aromatic rings. The Morgan fingerprint density at radius 1 is 0.731 bits per heavy atom. The molecule has 0 aliphatic heterocycles. The summed E-state index contributed by atoms with van der Waals surface area (Å²) in [5, 5.41) is 0. The van der Waals surface area contributed by atoms with E-state index >= 15 is 0 Å². The molecule has 0 aromatic heterocycles. The summed E-state index contributed by atoms with van der Waals surface area (Å²) in [6.07, 6.45) is 11.1. The van der Waals surface area contributed by atoms with Crippen LogP contribution in [0.15, 0.2) is 35.2 Å². The molecule has 6 nitrogen and oxygen atoms in total. The van der Waals surface area contributed by atoms with Crippen LogP contribution in [0.25, 0.3) is 0 Å². The number of hydrogen-bond donors (Lipinski definition) is 0. The second-order valence-corrected chi connectivity index (χ2v) is 9.22. The van der Waals surface area contributed by atoms with Gasteiger partial charge in [-0.25, -0.2) is 4.18 Å². The summed E-state index contributed by atoms with van der Waals surface area (Å²) in [7, 11) is -8.98. The Kier molecular flexibility index (Phi) is 11.0. The Morgan fingerprint density at radius 3 is 1.77 bits per heavy atom. The Hall–Kier alpha value is -0.960. The zero-order valence-electron chi connectivity index (χ0n) is 15.4. The Balaban J connectivity index is 2.16. The Morgan fingerprint density at radius 2 is 1.23 bits per heavy atom. The van der Waals surface area contributed by atoms with Crippen molar-refractivity contribution in [3.63, 3.8) is 0 Å². The molecular formula is C18H30O6S2. The minimum Gasteiger partial charge on any atom is -0.247 e. The monoisotopic (exact) mass is 406 g/mol. The second-order valence-electron chi connectivity index (χ2n) is 6.25. The van der Waals surface area contributed by atoms with Gasteiger partial charge in [0.15, 0.2) is 0 Å². The molecule has 0 unspecified atom stereocenters. The topological polar surface area (TPSA) is 86.7 Å². The van der Waals surface area contributed by atoms with Gasteiger partial charge in [0.25, 0.3) is 0 Å². The van der Waals surface area contributed by atoms with Crippen LogP contribution in [-0.4, -0.2) is 23.4 Å². The first-order valence-electron chi connectivity index (χ1n) is 9.28. The molecule has 0 heterocycles. The first-order chi connectivity index (χ1) is 12.4. The molecule has 26 heavy (non-hydrogen) atoms. The minimum atomic E-state index is -4.59. The maximum absolute atomic E-state index is 11.9. The van der Waals surface area contributed by atoms with Crippen molar-refractivity contribution in [1.29, 1.82) is 0 Å². The highest BCUT2D eigenvalue weighted by molar-refractivity contribution is 7.97. The molecule has 0 N–H and O–H groups in total. The van der Waals surface area contributed by atoms with E-state index in [0.717, 1.165) is 19.3 Å². The molecule has 0 bridgehead atoms. The van der Waals surface area contributed by atoms with E-state index in [1.807, 2.05) is 0 Å².